The predicted molar refractivity (Wildman–Crippen MR) is 106 cm³/mol. The SMILES string of the molecule is COC1CN(c2ccnc(C(=O)O)c2)CCC1NC(=O)c1[nH]c(C)c(Cl)c1Cl. The fourth-order valence-electron chi connectivity index (χ4n) is 3.26. The molecule has 0 bridgehead atoms. The molecule has 28 heavy (non-hydrogen) atoms. The van der Waals surface area contributed by atoms with Crippen LogP contribution >= 0.6 is 23.2 Å². The van der Waals surface area contributed by atoms with Crippen LogP contribution < -0.4 is 10.2 Å². The molecule has 2 unspecified atom stereocenters. The van der Waals surface area contributed by atoms with Gasteiger partial charge in [0.25, 0.3) is 5.91 Å². The minimum absolute atomic E-state index is 0.0180. The number of aromatic carboxylic acids is 1. The first-order valence-corrected chi connectivity index (χ1v) is 9.39. The third kappa shape index (κ3) is 4.09. The smallest absolute Gasteiger partial charge is 0.354 e. The fourth-order valence-corrected chi connectivity index (χ4v) is 3.67. The second-order valence-electron chi connectivity index (χ2n) is 6.55. The van der Waals surface area contributed by atoms with Crippen molar-refractivity contribution in [2.45, 2.75) is 25.5 Å². The minimum atomic E-state index is -1.08. The van der Waals surface area contributed by atoms with Crippen molar-refractivity contribution >= 4 is 40.8 Å². The Morgan fingerprint density at radius 1 is 1.39 bits per heavy atom. The van der Waals surface area contributed by atoms with Crippen molar-refractivity contribution in [1.29, 1.82) is 0 Å². The lowest BCUT2D eigenvalue weighted by Gasteiger charge is -2.39. The van der Waals surface area contributed by atoms with Gasteiger partial charge in [0.15, 0.2) is 0 Å². The molecule has 150 valence electrons. The first-order valence-electron chi connectivity index (χ1n) is 8.63. The Morgan fingerprint density at radius 3 is 2.75 bits per heavy atom. The highest BCUT2D eigenvalue weighted by Crippen LogP contribution is 2.29. The molecule has 1 fully saturated rings. The molecule has 0 aromatic carbocycles. The molecule has 3 N–H and O–H groups in total. The van der Waals surface area contributed by atoms with Crippen LogP contribution in [0.4, 0.5) is 5.69 Å². The molecule has 8 nitrogen and oxygen atoms in total. The van der Waals surface area contributed by atoms with Crippen molar-refractivity contribution < 1.29 is 19.4 Å². The Bertz CT molecular complexity index is 902. The molecule has 2 aromatic rings. The number of aromatic nitrogens is 2. The lowest BCUT2D eigenvalue weighted by molar-refractivity contribution is 0.0540. The van der Waals surface area contributed by atoms with Gasteiger partial charge in [-0.25, -0.2) is 9.78 Å². The van der Waals surface area contributed by atoms with Crippen LogP contribution in [0.1, 0.15) is 33.1 Å². The van der Waals surface area contributed by atoms with Crippen molar-refractivity contribution in [2.24, 2.45) is 0 Å². The Balaban J connectivity index is 1.71. The number of halogens is 2. The lowest BCUT2D eigenvalue weighted by Crippen LogP contribution is -2.55. The van der Waals surface area contributed by atoms with Crippen molar-refractivity contribution in [1.82, 2.24) is 15.3 Å². The van der Waals surface area contributed by atoms with Gasteiger partial charge in [0, 0.05) is 37.8 Å². The van der Waals surface area contributed by atoms with Gasteiger partial charge in [0.2, 0.25) is 0 Å². The summed E-state index contributed by atoms with van der Waals surface area (Å²) in [6.07, 6.45) is 1.79. The number of pyridine rings is 1. The molecular weight excluding hydrogens is 407 g/mol. The summed E-state index contributed by atoms with van der Waals surface area (Å²) >= 11 is 12.2. The Morgan fingerprint density at radius 2 is 2.14 bits per heavy atom. The van der Waals surface area contributed by atoms with Gasteiger partial charge < -0.3 is 25.0 Å². The number of ether oxygens (including phenoxy) is 1. The predicted octanol–water partition coefficient (Wildman–Crippen LogP) is 2.75. The standard InChI is InChI=1S/C18H20Cl2N4O4/c1-9-14(19)15(20)16(22-9)17(25)23-11-4-6-24(8-13(11)28-2)10-3-5-21-12(7-10)18(26)27/h3,5,7,11,13,22H,4,6,8H2,1-2H3,(H,23,25)(H,26,27). The maximum Gasteiger partial charge on any atom is 0.354 e. The summed E-state index contributed by atoms with van der Waals surface area (Å²) in [7, 11) is 1.57. The van der Waals surface area contributed by atoms with Crippen molar-refractivity contribution in [3.05, 3.63) is 45.5 Å². The average Bonchev–Trinajstić information content (AvgIpc) is 2.95. The quantitative estimate of drug-likeness (QED) is 0.678. The number of aromatic amines is 1. The van der Waals surface area contributed by atoms with Gasteiger partial charge in [-0.3, -0.25) is 4.79 Å². The Hall–Kier alpha value is -2.29. The van der Waals surface area contributed by atoms with E-state index in [1.54, 1.807) is 20.1 Å². The third-order valence-electron chi connectivity index (χ3n) is 4.79. The number of anilines is 1. The van der Waals surface area contributed by atoms with Gasteiger partial charge in [-0.05, 0) is 25.5 Å². The second-order valence-corrected chi connectivity index (χ2v) is 7.30. The molecule has 10 heteroatoms. The molecule has 3 rings (SSSR count). The van der Waals surface area contributed by atoms with E-state index in [4.69, 9.17) is 33.0 Å². The molecule has 0 spiro atoms. The van der Waals surface area contributed by atoms with E-state index in [-0.39, 0.29) is 34.5 Å². The van der Waals surface area contributed by atoms with Crippen LogP contribution in [0.15, 0.2) is 18.3 Å². The number of methoxy groups -OCH3 is 1. The van der Waals surface area contributed by atoms with Gasteiger partial charge in [-0.1, -0.05) is 23.2 Å². The number of carboxylic acids is 1. The van der Waals surface area contributed by atoms with Crippen LogP contribution in [0.5, 0.6) is 0 Å². The van der Waals surface area contributed by atoms with Crippen LogP contribution in [0.25, 0.3) is 0 Å². The van der Waals surface area contributed by atoms with Crippen LogP contribution in [-0.2, 0) is 4.74 Å². The van der Waals surface area contributed by atoms with E-state index >= 15 is 0 Å². The summed E-state index contributed by atoms with van der Waals surface area (Å²) in [4.78, 5) is 32.5. The number of hydrogen-bond acceptors (Lipinski definition) is 5. The molecule has 0 aliphatic carbocycles. The summed E-state index contributed by atoms with van der Waals surface area (Å²) < 4.78 is 5.57. The molecule has 1 aliphatic heterocycles. The molecule has 0 saturated carbocycles. The van der Waals surface area contributed by atoms with E-state index in [1.807, 2.05) is 4.90 Å². The van der Waals surface area contributed by atoms with E-state index in [2.05, 4.69) is 15.3 Å². The number of hydrogen-bond donors (Lipinski definition) is 3. The van der Waals surface area contributed by atoms with Crippen LogP contribution in [-0.4, -0.2) is 59.3 Å². The number of amides is 1. The molecule has 1 aliphatic rings. The van der Waals surface area contributed by atoms with Gasteiger partial charge in [0.05, 0.1) is 22.2 Å². The van der Waals surface area contributed by atoms with Gasteiger partial charge >= 0.3 is 5.97 Å². The van der Waals surface area contributed by atoms with E-state index in [0.29, 0.717) is 30.2 Å². The highest BCUT2D eigenvalue weighted by Gasteiger charge is 2.32. The monoisotopic (exact) mass is 426 g/mol. The molecule has 2 atom stereocenters. The number of aryl methyl sites for hydroxylation is 1. The number of piperidine rings is 1. The van der Waals surface area contributed by atoms with Crippen molar-refractivity contribution in [3.63, 3.8) is 0 Å². The number of nitrogens with zero attached hydrogens (tertiary/aromatic N) is 2. The molecule has 1 saturated heterocycles. The van der Waals surface area contributed by atoms with Gasteiger partial charge in [-0.2, -0.15) is 0 Å². The number of carboxylic acid groups (broad SMARTS) is 1. The zero-order valence-electron chi connectivity index (χ0n) is 15.3. The summed E-state index contributed by atoms with van der Waals surface area (Å²) in [5.74, 6) is -1.43. The topological polar surface area (TPSA) is 108 Å². The number of nitrogens with one attached hydrogen (secondary N) is 2. The maximum atomic E-state index is 12.6. The van der Waals surface area contributed by atoms with Crippen molar-refractivity contribution in [2.75, 3.05) is 25.1 Å². The highest BCUT2D eigenvalue weighted by molar-refractivity contribution is 6.44. The normalized spacial score (nSPS) is 19.5. The number of rotatable bonds is 5. The number of carbonyl (C=O) groups is 2. The van der Waals surface area contributed by atoms with Crippen LogP contribution in [0.3, 0.4) is 0 Å². The van der Waals surface area contributed by atoms with E-state index < -0.39 is 5.97 Å². The molecular formula is C18H20Cl2N4O4. The lowest BCUT2D eigenvalue weighted by atomic mass is 10.0. The molecule has 0 radical (unpaired) electrons. The zero-order valence-corrected chi connectivity index (χ0v) is 16.8. The van der Waals surface area contributed by atoms with E-state index in [0.717, 1.165) is 5.69 Å². The van der Waals surface area contributed by atoms with E-state index in [9.17, 15) is 9.59 Å². The molecule has 2 aromatic heterocycles. The molecule has 3 heterocycles. The summed E-state index contributed by atoms with van der Waals surface area (Å²) in [6.45, 7) is 2.84. The third-order valence-corrected chi connectivity index (χ3v) is 5.73. The van der Waals surface area contributed by atoms with E-state index in [1.165, 1.54) is 12.3 Å². The average molecular weight is 427 g/mol. The van der Waals surface area contributed by atoms with Crippen LogP contribution in [0, 0.1) is 6.92 Å². The fraction of sp³-hybridized carbons (Fsp3) is 0.389. The van der Waals surface area contributed by atoms with Crippen LogP contribution in [0.2, 0.25) is 10.0 Å². The first-order chi connectivity index (χ1) is 13.3. The highest BCUT2D eigenvalue weighted by atomic mass is 35.5. The summed E-state index contributed by atoms with van der Waals surface area (Å²) in [5.41, 5.74) is 1.58. The maximum absolute atomic E-state index is 12.6. The zero-order chi connectivity index (χ0) is 20.4. The molecule has 1 amide bonds. The first kappa shape index (κ1) is 20.4. The van der Waals surface area contributed by atoms with Gasteiger partial charge in [-0.15, -0.1) is 0 Å². The largest absolute Gasteiger partial charge is 0.477 e. The summed E-state index contributed by atoms with van der Waals surface area (Å²) in [5, 5.41) is 12.6. The van der Waals surface area contributed by atoms with Gasteiger partial charge in [0.1, 0.15) is 11.4 Å². The number of H-pyrrole nitrogens is 1. The Kier molecular flexibility index (Phi) is 6.12. The second kappa shape index (κ2) is 8.38. The van der Waals surface area contributed by atoms with Crippen molar-refractivity contribution in [3.8, 4) is 0 Å². The Labute approximate surface area is 171 Å². The minimum Gasteiger partial charge on any atom is -0.477 e. The summed E-state index contributed by atoms with van der Waals surface area (Å²) in [6, 6.07) is 3.05. The number of carbonyl (C=O) groups excluding carboxylic acids is 1.